The second-order valence-electron chi connectivity index (χ2n) is 4.69. The zero-order chi connectivity index (χ0) is 13.4. The first kappa shape index (κ1) is 11.6. The second-order valence-corrected chi connectivity index (χ2v) is 4.69. The fourth-order valence-corrected chi connectivity index (χ4v) is 2.15. The van der Waals surface area contributed by atoms with E-state index in [2.05, 4.69) is 10.3 Å². The Bertz CT molecular complexity index is 669. The van der Waals surface area contributed by atoms with Crippen LogP contribution in [-0.4, -0.2) is 22.0 Å². The summed E-state index contributed by atoms with van der Waals surface area (Å²) in [5.41, 5.74) is 1.52. The highest BCUT2D eigenvalue weighted by Gasteiger charge is 2.48. The maximum absolute atomic E-state index is 11.8. The number of nitrogens with one attached hydrogen (secondary N) is 1. The molecule has 2 aromatic rings. The Hall–Kier alpha value is -2.43. The van der Waals surface area contributed by atoms with E-state index < -0.39 is 17.8 Å². The van der Waals surface area contributed by atoms with Crippen molar-refractivity contribution in [2.75, 3.05) is 5.32 Å². The Kier molecular flexibility index (Phi) is 2.67. The molecule has 19 heavy (non-hydrogen) atoms. The van der Waals surface area contributed by atoms with E-state index in [1.807, 2.05) is 24.3 Å². The molecule has 2 atom stereocenters. The van der Waals surface area contributed by atoms with Crippen molar-refractivity contribution in [3.8, 4) is 0 Å². The van der Waals surface area contributed by atoms with Gasteiger partial charge in [0, 0.05) is 17.3 Å². The molecule has 0 bridgehead atoms. The molecule has 0 unspecified atom stereocenters. The number of carbonyl (C=O) groups is 2. The lowest BCUT2D eigenvalue weighted by atomic mass is 10.2. The van der Waals surface area contributed by atoms with Gasteiger partial charge in [-0.3, -0.25) is 14.6 Å². The molecule has 0 spiro atoms. The summed E-state index contributed by atoms with van der Waals surface area (Å²) in [4.78, 5) is 26.7. The van der Waals surface area contributed by atoms with Crippen LogP contribution in [0.1, 0.15) is 6.42 Å². The van der Waals surface area contributed by atoms with Gasteiger partial charge in [-0.2, -0.15) is 0 Å². The largest absolute Gasteiger partial charge is 0.481 e. The van der Waals surface area contributed by atoms with Crippen LogP contribution in [0.3, 0.4) is 0 Å². The first-order valence-corrected chi connectivity index (χ1v) is 6.03. The summed E-state index contributed by atoms with van der Waals surface area (Å²) in [6.45, 7) is 0. The van der Waals surface area contributed by atoms with Gasteiger partial charge in [-0.1, -0.05) is 6.07 Å². The molecule has 1 saturated carbocycles. The third-order valence-corrected chi connectivity index (χ3v) is 3.31. The smallest absolute Gasteiger partial charge is 0.307 e. The van der Waals surface area contributed by atoms with Crippen LogP contribution in [0.25, 0.3) is 10.9 Å². The average Bonchev–Trinajstić information content (AvgIpc) is 3.19. The number of fused-ring (bicyclic) bond motifs is 1. The standard InChI is InChI=1S/C14H12N2O3/c17-13(10-7-11(10)14(18)19)16-9-3-4-12-8(6-9)2-1-5-15-12/h1-6,10-11H,7H2,(H,16,17)(H,18,19)/t10-,11+/m1/s1. The van der Waals surface area contributed by atoms with Gasteiger partial charge in [0.2, 0.25) is 5.91 Å². The molecule has 0 saturated heterocycles. The van der Waals surface area contributed by atoms with E-state index in [9.17, 15) is 9.59 Å². The number of anilines is 1. The number of hydrogen-bond donors (Lipinski definition) is 2. The fourth-order valence-electron chi connectivity index (χ4n) is 2.15. The van der Waals surface area contributed by atoms with E-state index in [0.717, 1.165) is 10.9 Å². The number of nitrogens with zero attached hydrogens (tertiary/aromatic N) is 1. The van der Waals surface area contributed by atoms with E-state index in [-0.39, 0.29) is 5.91 Å². The van der Waals surface area contributed by atoms with Gasteiger partial charge in [-0.05, 0) is 30.7 Å². The van der Waals surface area contributed by atoms with Gasteiger partial charge in [0.1, 0.15) is 0 Å². The molecule has 1 aliphatic carbocycles. The average molecular weight is 256 g/mol. The van der Waals surface area contributed by atoms with Crippen molar-refractivity contribution < 1.29 is 14.7 Å². The van der Waals surface area contributed by atoms with Crippen molar-refractivity contribution in [2.24, 2.45) is 11.8 Å². The zero-order valence-corrected chi connectivity index (χ0v) is 10.0. The van der Waals surface area contributed by atoms with Gasteiger partial charge in [0.05, 0.1) is 17.4 Å². The van der Waals surface area contributed by atoms with Crippen LogP contribution in [0.15, 0.2) is 36.5 Å². The van der Waals surface area contributed by atoms with Gasteiger partial charge in [-0.25, -0.2) is 0 Å². The summed E-state index contributed by atoms with van der Waals surface area (Å²) < 4.78 is 0. The maximum Gasteiger partial charge on any atom is 0.307 e. The number of aliphatic carboxylic acids is 1. The highest BCUT2D eigenvalue weighted by atomic mass is 16.4. The minimum absolute atomic E-state index is 0.226. The number of carbonyl (C=O) groups excluding carboxylic acids is 1. The third-order valence-electron chi connectivity index (χ3n) is 3.31. The Labute approximate surface area is 109 Å². The highest BCUT2D eigenvalue weighted by molar-refractivity contribution is 5.99. The second kappa shape index (κ2) is 4.35. The molecule has 0 radical (unpaired) electrons. The summed E-state index contributed by atoms with van der Waals surface area (Å²) in [7, 11) is 0. The molecule has 5 heteroatoms. The Morgan fingerprint density at radius 3 is 2.84 bits per heavy atom. The van der Waals surface area contributed by atoms with Crippen LogP contribution in [0.4, 0.5) is 5.69 Å². The van der Waals surface area contributed by atoms with Crippen molar-refractivity contribution in [3.05, 3.63) is 36.5 Å². The molecular weight excluding hydrogens is 244 g/mol. The quantitative estimate of drug-likeness (QED) is 0.879. The predicted octanol–water partition coefficient (Wildman–Crippen LogP) is 1.89. The minimum Gasteiger partial charge on any atom is -0.481 e. The monoisotopic (exact) mass is 256 g/mol. The number of carboxylic acid groups (broad SMARTS) is 1. The van der Waals surface area contributed by atoms with Gasteiger partial charge in [0.25, 0.3) is 0 Å². The van der Waals surface area contributed by atoms with Crippen molar-refractivity contribution >= 4 is 28.5 Å². The van der Waals surface area contributed by atoms with Crippen LogP contribution in [-0.2, 0) is 9.59 Å². The minimum atomic E-state index is -0.900. The Balaban J connectivity index is 1.75. The fraction of sp³-hybridized carbons (Fsp3) is 0.214. The SMILES string of the molecule is O=C(O)[C@H]1C[C@H]1C(=O)Nc1ccc2ncccc2c1. The molecule has 1 amide bonds. The van der Waals surface area contributed by atoms with Gasteiger partial charge in [-0.15, -0.1) is 0 Å². The third kappa shape index (κ3) is 2.27. The topological polar surface area (TPSA) is 79.3 Å². The van der Waals surface area contributed by atoms with Crippen LogP contribution < -0.4 is 5.32 Å². The van der Waals surface area contributed by atoms with Crippen molar-refractivity contribution in [3.63, 3.8) is 0 Å². The summed E-state index contributed by atoms with van der Waals surface area (Å²) in [5, 5.41) is 12.5. The zero-order valence-electron chi connectivity index (χ0n) is 10.0. The lowest BCUT2D eigenvalue weighted by Gasteiger charge is -2.05. The van der Waals surface area contributed by atoms with Crippen molar-refractivity contribution in [2.45, 2.75) is 6.42 Å². The molecule has 1 aromatic carbocycles. The molecule has 1 heterocycles. The highest BCUT2D eigenvalue weighted by Crippen LogP contribution is 2.39. The van der Waals surface area contributed by atoms with E-state index >= 15 is 0 Å². The normalized spacial score (nSPS) is 21.1. The summed E-state index contributed by atoms with van der Waals surface area (Å²) in [6.07, 6.45) is 2.14. The molecule has 1 aliphatic rings. The van der Waals surface area contributed by atoms with E-state index in [4.69, 9.17) is 5.11 Å². The lowest BCUT2D eigenvalue weighted by Crippen LogP contribution is -2.16. The Morgan fingerprint density at radius 1 is 1.26 bits per heavy atom. The van der Waals surface area contributed by atoms with Gasteiger partial charge in [0.15, 0.2) is 0 Å². The van der Waals surface area contributed by atoms with Crippen molar-refractivity contribution in [1.82, 2.24) is 4.98 Å². The summed E-state index contributed by atoms with van der Waals surface area (Å²) in [5.74, 6) is -2.05. The molecule has 1 aromatic heterocycles. The number of rotatable bonds is 3. The number of benzene rings is 1. The number of aromatic nitrogens is 1. The van der Waals surface area contributed by atoms with Gasteiger partial charge >= 0.3 is 5.97 Å². The van der Waals surface area contributed by atoms with Crippen LogP contribution in [0, 0.1) is 11.8 Å². The first-order chi connectivity index (χ1) is 9.15. The molecule has 3 rings (SSSR count). The number of hydrogen-bond acceptors (Lipinski definition) is 3. The molecule has 0 aliphatic heterocycles. The summed E-state index contributed by atoms with van der Waals surface area (Å²) >= 11 is 0. The lowest BCUT2D eigenvalue weighted by molar-refractivity contribution is -0.139. The van der Waals surface area contributed by atoms with E-state index in [0.29, 0.717) is 12.1 Å². The molecule has 2 N–H and O–H groups in total. The molecule has 1 fully saturated rings. The van der Waals surface area contributed by atoms with E-state index in [1.165, 1.54) is 0 Å². The van der Waals surface area contributed by atoms with Crippen LogP contribution in [0.2, 0.25) is 0 Å². The first-order valence-electron chi connectivity index (χ1n) is 6.03. The number of amides is 1. The molecule has 96 valence electrons. The molecular formula is C14H12N2O3. The van der Waals surface area contributed by atoms with Gasteiger partial charge < -0.3 is 10.4 Å². The summed E-state index contributed by atoms with van der Waals surface area (Å²) in [6, 6.07) is 9.17. The van der Waals surface area contributed by atoms with Crippen LogP contribution in [0.5, 0.6) is 0 Å². The predicted molar refractivity (Wildman–Crippen MR) is 69.6 cm³/mol. The molecule has 5 nitrogen and oxygen atoms in total. The van der Waals surface area contributed by atoms with Crippen molar-refractivity contribution in [1.29, 1.82) is 0 Å². The number of pyridine rings is 1. The van der Waals surface area contributed by atoms with E-state index in [1.54, 1.807) is 12.3 Å². The number of carboxylic acids is 1. The van der Waals surface area contributed by atoms with Crippen LogP contribution >= 0.6 is 0 Å². The maximum atomic E-state index is 11.8. The Morgan fingerprint density at radius 2 is 2.11 bits per heavy atom.